The van der Waals surface area contributed by atoms with Crippen molar-refractivity contribution in [1.82, 2.24) is 15.2 Å². The van der Waals surface area contributed by atoms with Crippen LogP contribution in [0, 0.1) is 0 Å². The summed E-state index contributed by atoms with van der Waals surface area (Å²) in [7, 11) is -0.174. The number of thiazole rings is 1. The molecule has 2 N–H and O–H groups in total. The van der Waals surface area contributed by atoms with Gasteiger partial charge < -0.3 is 10.4 Å². The highest BCUT2D eigenvalue weighted by Gasteiger charge is 2.32. The van der Waals surface area contributed by atoms with Gasteiger partial charge in [-0.25, -0.2) is 13.4 Å². The van der Waals surface area contributed by atoms with Crippen LogP contribution >= 0.6 is 11.3 Å². The second-order valence-corrected chi connectivity index (χ2v) is 11.6. The molecular weight excluding hydrogens is 458 g/mol. The number of rotatable bonds is 11. The fourth-order valence-corrected chi connectivity index (χ4v) is 6.44. The SMILES string of the molecule is CCCC(NC(=O)[C@H](CS(=O)(=O)Cc1ccccc1)N(C)C)C(O)c1nc2ccccc2s1. The van der Waals surface area contributed by atoms with Crippen molar-refractivity contribution in [3.63, 3.8) is 0 Å². The molecule has 1 amide bonds. The number of benzene rings is 2. The van der Waals surface area contributed by atoms with E-state index in [-0.39, 0.29) is 11.5 Å². The predicted molar refractivity (Wildman–Crippen MR) is 133 cm³/mol. The topological polar surface area (TPSA) is 99.6 Å². The maximum atomic E-state index is 13.2. The number of amides is 1. The van der Waals surface area contributed by atoms with E-state index < -0.39 is 33.9 Å². The second kappa shape index (κ2) is 11.2. The largest absolute Gasteiger partial charge is 0.384 e. The van der Waals surface area contributed by atoms with E-state index in [2.05, 4.69) is 10.3 Å². The Balaban J connectivity index is 1.74. The van der Waals surface area contributed by atoms with Crippen LogP contribution in [0.4, 0.5) is 0 Å². The van der Waals surface area contributed by atoms with Gasteiger partial charge in [-0.05, 0) is 38.2 Å². The molecule has 3 rings (SSSR count). The molecule has 3 atom stereocenters. The van der Waals surface area contributed by atoms with Gasteiger partial charge in [0.25, 0.3) is 0 Å². The van der Waals surface area contributed by atoms with E-state index in [9.17, 15) is 18.3 Å². The summed E-state index contributed by atoms with van der Waals surface area (Å²) in [6.45, 7) is 1.97. The average molecular weight is 490 g/mol. The van der Waals surface area contributed by atoms with Gasteiger partial charge in [-0.15, -0.1) is 11.3 Å². The minimum Gasteiger partial charge on any atom is -0.384 e. The molecule has 0 spiro atoms. The Morgan fingerprint density at radius 2 is 1.79 bits per heavy atom. The van der Waals surface area contributed by atoms with Crippen molar-refractivity contribution in [3.05, 3.63) is 65.2 Å². The first-order chi connectivity index (χ1) is 15.7. The molecule has 0 aliphatic carbocycles. The van der Waals surface area contributed by atoms with Gasteiger partial charge in [-0.2, -0.15) is 0 Å². The molecule has 0 fully saturated rings. The Morgan fingerprint density at radius 1 is 1.12 bits per heavy atom. The van der Waals surface area contributed by atoms with E-state index >= 15 is 0 Å². The van der Waals surface area contributed by atoms with Crippen LogP contribution < -0.4 is 5.32 Å². The number of likely N-dealkylation sites (N-methyl/N-ethyl adjacent to an activating group) is 1. The van der Waals surface area contributed by atoms with E-state index in [4.69, 9.17) is 0 Å². The fourth-order valence-electron chi connectivity index (χ4n) is 3.67. The molecular formula is C24H31N3O4S2. The van der Waals surface area contributed by atoms with Gasteiger partial charge in [0.2, 0.25) is 5.91 Å². The molecule has 0 saturated carbocycles. The van der Waals surface area contributed by atoms with Crippen LogP contribution in [0.2, 0.25) is 0 Å². The van der Waals surface area contributed by atoms with E-state index in [0.717, 1.165) is 16.6 Å². The minimum absolute atomic E-state index is 0.127. The lowest BCUT2D eigenvalue weighted by Crippen LogP contribution is -2.51. The minimum atomic E-state index is -3.54. The zero-order valence-electron chi connectivity index (χ0n) is 19.1. The highest BCUT2D eigenvalue weighted by molar-refractivity contribution is 7.90. The Morgan fingerprint density at radius 3 is 2.42 bits per heavy atom. The van der Waals surface area contributed by atoms with Crippen LogP contribution in [-0.2, 0) is 20.4 Å². The van der Waals surface area contributed by atoms with Gasteiger partial charge in [0, 0.05) is 0 Å². The highest BCUT2D eigenvalue weighted by atomic mass is 32.2. The van der Waals surface area contributed by atoms with Crippen LogP contribution in [0.5, 0.6) is 0 Å². The summed E-state index contributed by atoms with van der Waals surface area (Å²) in [5, 5.41) is 14.4. The van der Waals surface area contributed by atoms with Crippen LogP contribution in [0.25, 0.3) is 10.2 Å². The van der Waals surface area contributed by atoms with Crippen molar-refractivity contribution < 1.29 is 18.3 Å². The lowest BCUT2D eigenvalue weighted by Gasteiger charge is -2.28. The zero-order valence-corrected chi connectivity index (χ0v) is 20.8. The summed E-state index contributed by atoms with van der Waals surface area (Å²) in [6, 6.07) is 15.1. The first-order valence-electron chi connectivity index (χ1n) is 10.9. The summed E-state index contributed by atoms with van der Waals surface area (Å²) in [4.78, 5) is 19.3. The van der Waals surface area contributed by atoms with Crippen molar-refractivity contribution in [1.29, 1.82) is 0 Å². The van der Waals surface area contributed by atoms with Crippen molar-refractivity contribution in [2.24, 2.45) is 0 Å². The second-order valence-electron chi connectivity index (χ2n) is 8.39. The number of para-hydroxylation sites is 1. The number of aromatic nitrogens is 1. The maximum Gasteiger partial charge on any atom is 0.238 e. The van der Waals surface area contributed by atoms with Gasteiger partial charge in [0.05, 0.1) is 27.8 Å². The molecule has 9 heteroatoms. The molecule has 0 aliphatic rings. The molecule has 0 aliphatic heterocycles. The maximum absolute atomic E-state index is 13.2. The van der Waals surface area contributed by atoms with Crippen molar-refractivity contribution in [3.8, 4) is 0 Å². The normalized spacial score (nSPS) is 14.8. The summed E-state index contributed by atoms with van der Waals surface area (Å²) in [5.41, 5.74) is 1.49. The first kappa shape index (κ1) is 25.3. The summed E-state index contributed by atoms with van der Waals surface area (Å²) >= 11 is 1.39. The molecule has 7 nitrogen and oxygen atoms in total. The van der Waals surface area contributed by atoms with Crippen molar-refractivity contribution >= 4 is 37.3 Å². The number of nitrogens with zero attached hydrogens (tertiary/aromatic N) is 2. The lowest BCUT2D eigenvalue weighted by atomic mass is 10.1. The Labute approximate surface area is 199 Å². The number of sulfone groups is 1. The van der Waals surface area contributed by atoms with Gasteiger partial charge in [-0.1, -0.05) is 55.8 Å². The van der Waals surface area contributed by atoms with Gasteiger partial charge in [-0.3, -0.25) is 9.69 Å². The van der Waals surface area contributed by atoms with E-state index in [1.165, 1.54) is 11.3 Å². The van der Waals surface area contributed by atoms with E-state index in [0.29, 0.717) is 17.0 Å². The third-order valence-electron chi connectivity index (χ3n) is 5.44. The van der Waals surface area contributed by atoms with Crippen molar-refractivity contribution in [2.75, 3.05) is 19.8 Å². The first-order valence-corrected chi connectivity index (χ1v) is 13.6. The Hall–Kier alpha value is -2.33. The molecule has 2 unspecified atom stereocenters. The van der Waals surface area contributed by atoms with Gasteiger partial charge in [0.15, 0.2) is 9.84 Å². The van der Waals surface area contributed by atoms with Crippen LogP contribution in [0.15, 0.2) is 54.6 Å². The standard InChI is InChI=1S/C24H31N3O4S2/c1-4-10-19(22(28)24-26-18-13-8-9-14-21(18)32-24)25-23(29)20(27(2)3)16-33(30,31)15-17-11-6-5-7-12-17/h5-9,11-14,19-20,22,28H,4,10,15-16H2,1-3H3,(H,25,29)/t19?,20-,22?/m0/s1. The summed E-state index contributed by atoms with van der Waals surface area (Å²) in [5.74, 6) is -0.857. The molecule has 0 bridgehead atoms. The van der Waals surface area contributed by atoms with Crippen LogP contribution in [-0.4, -0.2) is 61.2 Å². The molecule has 33 heavy (non-hydrogen) atoms. The monoisotopic (exact) mass is 489 g/mol. The predicted octanol–water partition coefficient (Wildman–Crippen LogP) is 3.16. The zero-order chi connectivity index (χ0) is 24.0. The van der Waals surface area contributed by atoms with E-state index in [1.54, 1.807) is 43.3 Å². The average Bonchev–Trinajstić information content (AvgIpc) is 3.21. The third kappa shape index (κ3) is 6.83. The number of hydrogen-bond acceptors (Lipinski definition) is 7. The molecule has 2 aromatic carbocycles. The number of carbonyl (C=O) groups excluding carboxylic acids is 1. The Kier molecular flexibility index (Phi) is 8.58. The number of aliphatic hydroxyl groups is 1. The number of carbonyl (C=O) groups is 1. The number of nitrogens with one attached hydrogen (secondary N) is 1. The summed E-state index contributed by atoms with van der Waals surface area (Å²) in [6.07, 6.45) is 0.307. The lowest BCUT2D eigenvalue weighted by molar-refractivity contribution is -0.126. The van der Waals surface area contributed by atoms with E-state index in [1.807, 2.05) is 37.3 Å². The highest BCUT2D eigenvalue weighted by Crippen LogP contribution is 2.29. The molecule has 0 radical (unpaired) electrons. The third-order valence-corrected chi connectivity index (χ3v) is 8.14. The molecule has 0 saturated heterocycles. The summed E-state index contributed by atoms with van der Waals surface area (Å²) < 4.78 is 26.6. The quantitative estimate of drug-likeness (QED) is 0.429. The molecule has 1 aromatic heterocycles. The Bertz CT molecular complexity index is 1130. The number of hydrogen-bond donors (Lipinski definition) is 2. The van der Waals surface area contributed by atoms with Gasteiger partial charge in [0.1, 0.15) is 17.2 Å². The smallest absolute Gasteiger partial charge is 0.238 e. The molecule has 1 heterocycles. The fraction of sp³-hybridized carbons (Fsp3) is 0.417. The van der Waals surface area contributed by atoms with Crippen LogP contribution in [0.1, 0.15) is 36.4 Å². The number of aliphatic hydroxyl groups excluding tert-OH is 1. The number of fused-ring (bicyclic) bond motifs is 1. The van der Waals surface area contributed by atoms with Gasteiger partial charge >= 0.3 is 0 Å². The van der Waals surface area contributed by atoms with Crippen molar-refractivity contribution in [2.45, 2.75) is 43.7 Å². The van der Waals surface area contributed by atoms with Crippen LogP contribution in [0.3, 0.4) is 0 Å². The molecule has 3 aromatic rings. The molecule has 178 valence electrons.